The highest BCUT2D eigenvalue weighted by Gasteiger charge is 2.37. The minimum atomic E-state index is -0.989. The molecular weight excluding hydrogens is 430 g/mol. The largest absolute Gasteiger partial charge is 0.493 e. The molecule has 10 heteroatoms. The molecule has 0 fully saturated rings. The quantitative estimate of drug-likeness (QED) is 0.265. The lowest BCUT2D eigenvalue weighted by atomic mass is 9.92. The van der Waals surface area contributed by atoms with Crippen molar-refractivity contribution in [3.63, 3.8) is 0 Å². The average Bonchev–Trinajstić information content (AvgIpc) is 2.75. The number of ether oxygens (including phenoxy) is 3. The van der Waals surface area contributed by atoms with Crippen LogP contribution in [0.2, 0.25) is 0 Å². The third kappa shape index (κ3) is 6.59. The van der Waals surface area contributed by atoms with Crippen LogP contribution in [0.15, 0.2) is 23.4 Å². The lowest BCUT2D eigenvalue weighted by molar-refractivity contribution is -0.386. The fraction of sp³-hybridized carbons (Fsp3) is 0.565. The van der Waals surface area contributed by atoms with Crippen LogP contribution in [-0.4, -0.2) is 36.2 Å². The number of carbonyl (C=O) groups is 2. The highest BCUT2D eigenvalue weighted by Crippen LogP contribution is 2.41. The van der Waals surface area contributed by atoms with Crippen LogP contribution in [-0.2, 0) is 9.53 Å². The Kier molecular flexibility index (Phi) is 9.50. The summed E-state index contributed by atoms with van der Waals surface area (Å²) in [5.74, 6) is -0.242. The van der Waals surface area contributed by atoms with Crippen molar-refractivity contribution in [3.8, 4) is 11.5 Å². The smallest absolute Gasteiger partial charge is 0.338 e. The Hall–Kier alpha value is -3.30. The number of benzene rings is 1. The van der Waals surface area contributed by atoms with Crippen LogP contribution >= 0.6 is 0 Å². The molecule has 0 aromatic heterocycles. The Bertz CT molecular complexity index is 912. The predicted octanol–water partition coefficient (Wildman–Crippen LogP) is 4.53. The number of nitrogens with one attached hydrogen (secondary N) is 2. The van der Waals surface area contributed by atoms with Gasteiger partial charge in [-0.05, 0) is 33.1 Å². The number of amides is 2. The molecule has 1 aromatic carbocycles. The summed E-state index contributed by atoms with van der Waals surface area (Å²) in [5, 5.41) is 17.2. The molecular formula is C23H33N3O7. The van der Waals surface area contributed by atoms with Crippen LogP contribution in [0.1, 0.15) is 71.9 Å². The van der Waals surface area contributed by atoms with Crippen molar-refractivity contribution in [1.29, 1.82) is 0 Å². The maximum absolute atomic E-state index is 13.1. The Morgan fingerprint density at radius 3 is 2.27 bits per heavy atom. The van der Waals surface area contributed by atoms with Crippen LogP contribution in [0, 0.1) is 10.1 Å². The Morgan fingerprint density at radius 2 is 1.73 bits per heavy atom. The summed E-state index contributed by atoms with van der Waals surface area (Å²) in [6, 6.07) is 1.26. The molecule has 10 nitrogen and oxygen atoms in total. The van der Waals surface area contributed by atoms with Crippen molar-refractivity contribution in [2.45, 2.75) is 72.4 Å². The van der Waals surface area contributed by atoms with Crippen molar-refractivity contribution in [2.75, 3.05) is 13.2 Å². The van der Waals surface area contributed by atoms with E-state index in [0.717, 1.165) is 0 Å². The first-order valence-electron chi connectivity index (χ1n) is 11.3. The van der Waals surface area contributed by atoms with E-state index in [0.29, 0.717) is 50.3 Å². The molecule has 2 rings (SSSR count). The zero-order valence-corrected chi connectivity index (χ0v) is 19.9. The molecule has 2 N–H and O–H groups in total. The molecule has 1 aromatic rings. The summed E-state index contributed by atoms with van der Waals surface area (Å²) in [6.45, 7) is 9.83. The molecule has 1 unspecified atom stereocenters. The Labute approximate surface area is 193 Å². The van der Waals surface area contributed by atoms with Crippen molar-refractivity contribution in [3.05, 3.63) is 39.1 Å². The van der Waals surface area contributed by atoms with Gasteiger partial charge in [-0.15, -0.1) is 0 Å². The van der Waals surface area contributed by atoms with Crippen molar-refractivity contribution in [1.82, 2.24) is 10.6 Å². The number of carbonyl (C=O) groups excluding carboxylic acids is 2. The number of hydrogen-bond acceptors (Lipinski definition) is 7. The third-order valence-corrected chi connectivity index (χ3v) is 4.74. The van der Waals surface area contributed by atoms with E-state index in [2.05, 4.69) is 10.6 Å². The first-order valence-corrected chi connectivity index (χ1v) is 11.3. The van der Waals surface area contributed by atoms with Gasteiger partial charge in [0.2, 0.25) is 5.75 Å². The van der Waals surface area contributed by atoms with Gasteiger partial charge < -0.3 is 24.8 Å². The molecule has 0 bridgehead atoms. The number of rotatable bonds is 12. The molecule has 33 heavy (non-hydrogen) atoms. The van der Waals surface area contributed by atoms with Crippen LogP contribution in [0.25, 0.3) is 0 Å². The maximum Gasteiger partial charge on any atom is 0.338 e. The van der Waals surface area contributed by atoms with Crippen molar-refractivity contribution >= 4 is 17.7 Å². The first kappa shape index (κ1) is 26.0. The number of nitrogens with zero attached hydrogens (tertiary/aromatic N) is 1. The van der Waals surface area contributed by atoms with E-state index in [1.807, 2.05) is 20.8 Å². The fourth-order valence-corrected chi connectivity index (χ4v) is 3.42. The van der Waals surface area contributed by atoms with E-state index in [1.165, 1.54) is 12.1 Å². The van der Waals surface area contributed by atoms with E-state index in [9.17, 15) is 19.7 Å². The topological polar surface area (TPSA) is 129 Å². The molecule has 1 aliphatic rings. The summed E-state index contributed by atoms with van der Waals surface area (Å²) in [5.41, 5.74) is 0.636. The lowest BCUT2D eigenvalue weighted by Gasteiger charge is -2.30. The Balaban J connectivity index is 2.73. The normalized spacial score (nSPS) is 15.7. The van der Waals surface area contributed by atoms with Gasteiger partial charge in [0.1, 0.15) is 5.75 Å². The second-order valence-corrected chi connectivity index (χ2v) is 7.94. The van der Waals surface area contributed by atoms with Gasteiger partial charge in [-0.3, -0.25) is 10.1 Å². The molecule has 1 atom stereocenters. The molecule has 0 saturated heterocycles. The second-order valence-electron chi connectivity index (χ2n) is 7.94. The maximum atomic E-state index is 13.1. The number of esters is 1. The van der Waals surface area contributed by atoms with Gasteiger partial charge in [0.25, 0.3) is 0 Å². The highest BCUT2D eigenvalue weighted by molar-refractivity contribution is 5.95. The SMILES string of the molecule is CCCOc1cc(OCCC)c([N+](=O)[O-])cc1C1NC(=O)NC(CCC)=C1C(=O)OC(C)C. The van der Waals surface area contributed by atoms with Crippen molar-refractivity contribution in [2.24, 2.45) is 0 Å². The van der Waals surface area contributed by atoms with Gasteiger partial charge >= 0.3 is 17.7 Å². The zero-order chi connectivity index (χ0) is 24.5. The van der Waals surface area contributed by atoms with E-state index in [-0.39, 0.29) is 28.7 Å². The first-order chi connectivity index (χ1) is 15.7. The van der Waals surface area contributed by atoms with Gasteiger partial charge in [0.15, 0.2) is 0 Å². The lowest BCUT2D eigenvalue weighted by Crippen LogP contribution is -2.46. The number of nitro benzene ring substituents is 1. The molecule has 2 amide bonds. The summed E-state index contributed by atoms with van der Waals surface area (Å²) in [6.07, 6.45) is 2.07. The fourth-order valence-electron chi connectivity index (χ4n) is 3.42. The van der Waals surface area contributed by atoms with Crippen LogP contribution < -0.4 is 20.1 Å². The van der Waals surface area contributed by atoms with Crippen LogP contribution in [0.4, 0.5) is 10.5 Å². The minimum absolute atomic E-state index is 0.0704. The van der Waals surface area contributed by atoms with Gasteiger partial charge in [-0.2, -0.15) is 0 Å². The summed E-state index contributed by atoms with van der Waals surface area (Å²) < 4.78 is 16.9. The highest BCUT2D eigenvalue weighted by atomic mass is 16.6. The predicted molar refractivity (Wildman–Crippen MR) is 122 cm³/mol. The number of urea groups is 1. The average molecular weight is 464 g/mol. The van der Waals surface area contributed by atoms with Crippen molar-refractivity contribution < 1.29 is 28.7 Å². The van der Waals surface area contributed by atoms with Gasteiger partial charge in [0.05, 0.1) is 35.9 Å². The summed E-state index contributed by atoms with van der Waals surface area (Å²) >= 11 is 0. The van der Waals surface area contributed by atoms with E-state index < -0.39 is 23.0 Å². The zero-order valence-electron chi connectivity index (χ0n) is 19.9. The van der Waals surface area contributed by atoms with Crippen LogP contribution in [0.5, 0.6) is 11.5 Å². The standard InChI is InChI=1S/C23H33N3O7/c1-6-9-16-20(22(27)33-14(4)5)21(25-23(28)24-16)15-12-17(26(29)30)19(32-11-8-3)13-18(15)31-10-7-2/h12-14,21H,6-11H2,1-5H3,(H2,24,25,28). The summed E-state index contributed by atoms with van der Waals surface area (Å²) in [7, 11) is 0. The Morgan fingerprint density at radius 1 is 1.09 bits per heavy atom. The number of nitro groups is 1. The molecule has 1 heterocycles. The minimum Gasteiger partial charge on any atom is -0.493 e. The van der Waals surface area contributed by atoms with Gasteiger partial charge in [-0.1, -0.05) is 27.2 Å². The number of hydrogen-bond donors (Lipinski definition) is 2. The third-order valence-electron chi connectivity index (χ3n) is 4.74. The molecule has 1 aliphatic heterocycles. The molecule has 182 valence electrons. The van der Waals surface area contributed by atoms with E-state index in [4.69, 9.17) is 14.2 Å². The van der Waals surface area contributed by atoms with Crippen LogP contribution in [0.3, 0.4) is 0 Å². The number of allylic oxidation sites excluding steroid dienone is 1. The monoisotopic (exact) mass is 463 g/mol. The molecule has 0 spiro atoms. The van der Waals surface area contributed by atoms with E-state index >= 15 is 0 Å². The molecule has 0 saturated carbocycles. The molecule has 0 aliphatic carbocycles. The van der Waals surface area contributed by atoms with Gasteiger partial charge in [-0.25, -0.2) is 9.59 Å². The second kappa shape index (κ2) is 12.1. The molecule has 0 radical (unpaired) electrons. The van der Waals surface area contributed by atoms with Gasteiger partial charge in [0, 0.05) is 23.4 Å². The summed E-state index contributed by atoms with van der Waals surface area (Å²) in [4.78, 5) is 36.8. The van der Waals surface area contributed by atoms with E-state index in [1.54, 1.807) is 13.8 Å².